The van der Waals surface area contributed by atoms with Gasteiger partial charge in [-0.3, -0.25) is 0 Å². The summed E-state index contributed by atoms with van der Waals surface area (Å²) in [5.41, 5.74) is 1.00. The van der Waals surface area contributed by atoms with Crippen LogP contribution in [0.2, 0.25) is 5.02 Å². The van der Waals surface area contributed by atoms with Crippen LogP contribution in [0.1, 0.15) is 28.8 Å². The Balaban J connectivity index is 2.03. The quantitative estimate of drug-likeness (QED) is 0.905. The minimum atomic E-state index is -1.09. The fraction of sp³-hybridized carbons (Fsp3) is 0.214. The first kappa shape index (κ1) is 13.5. The molecular formula is C14H13ClO4. The fourth-order valence-corrected chi connectivity index (χ4v) is 1.89. The van der Waals surface area contributed by atoms with Gasteiger partial charge in [0.25, 0.3) is 0 Å². The molecule has 4 nitrogen and oxygen atoms in total. The minimum absolute atomic E-state index is 0.0936. The number of aryl methyl sites for hydroxylation is 1. The van der Waals surface area contributed by atoms with Crippen LogP contribution >= 0.6 is 11.6 Å². The Kier molecular flexibility index (Phi) is 4.12. The molecule has 0 atom stereocenters. The third-order valence-corrected chi connectivity index (χ3v) is 3.02. The molecule has 2 aromatic rings. The van der Waals surface area contributed by atoms with Gasteiger partial charge in [-0.15, -0.1) is 0 Å². The summed E-state index contributed by atoms with van der Waals surface area (Å²) >= 11 is 6.01. The lowest BCUT2D eigenvalue weighted by Crippen LogP contribution is -1.96. The number of hydrogen-bond donors (Lipinski definition) is 1. The molecule has 0 bridgehead atoms. The predicted octanol–water partition coefficient (Wildman–Crippen LogP) is 3.77. The molecule has 5 heteroatoms. The zero-order valence-corrected chi connectivity index (χ0v) is 11.1. The summed E-state index contributed by atoms with van der Waals surface area (Å²) < 4.78 is 10.6. The van der Waals surface area contributed by atoms with Crippen molar-refractivity contribution in [1.29, 1.82) is 0 Å². The smallest absolute Gasteiger partial charge is 0.371 e. The van der Waals surface area contributed by atoms with Crippen LogP contribution in [0.3, 0.4) is 0 Å². The van der Waals surface area contributed by atoms with Crippen LogP contribution < -0.4 is 4.74 Å². The molecule has 0 aliphatic rings. The number of rotatable bonds is 5. The Morgan fingerprint density at radius 2 is 2.16 bits per heavy atom. The van der Waals surface area contributed by atoms with Crippen molar-refractivity contribution < 1.29 is 19.1 Å². The summed E-state index contributed by atoms with van der Waals surface area (Å²) in [6.07, 6.45) is 0.819. The van der Waals surface area contributed by atoms with E-state index in [2.05, 4.69) is 0 Å². The molecule has 0 unspecified atom stereocenters. The second-order valence-electron chi connectivity index (χ2n) is 3.97. The highest BCUT2D eigenvalue weighted by Gasteiger charge is 2.09. The molecule has 2 rings (SSSR count). The first-order valence-electron chi connectivity index (χ1n) is 5.83. The Morgan fingerprint density at radius 1 is 1.37 bits per heavy atom. The third-order valence-electron chi connectivity index (χ3n) is 2.65. The summed E-state index contributed by atoms with van der Waals surface area (Å²) in [5.74, 6) is -0.0464. The summed E-state index contributed by atoms with van der Waals surface area (Å²) in [6, 6.07) is 8.40. The van der Waals surface area contributed by atoms with Gasteiger partial charge in [0.2, 0.25) is 5.76 Å². The summed E-state index contributed by atoms with van der Waals surface area (Å²) in [4.78, 5) is 10.7. The number of hydrogen-bond acceptors (Lipinski definition) is 3. The van der Waals surface area contributed by atoms with Crippen molar-refractivity contribution >= 4 is 17.6 Å². The second-order valence-corrected chi connectivity index (χ2v) is 4.37. The van der Waals surface area contributed by atoms with Gasteiger partial charge in [0.05, 0.1) is 0 Å². The average molecular weight is 281 g/mol. The van der Waals surface area contributed by atoms with Crippen LogP contribution in [-0.4, -0.2) is 11.1 Å². The van der Waals surface area contributed by atoms with Gasteiger partial charge in [-0.2, -0.15) is 0 Å². The molecule has 0 aliphatic heterocycles. The first-order valence-corrected chi connectivity index (χ1v) is 6.21. The molecule has 0 radical (unpaired) electrons. The number of halogens is 1. The van der Waals surface area contributed by atoms with Gasteiger partial charge in [-0.25, -0.2) is 4.79 Å². The minimum Gasteiger partial charge on any atom is -0.486 e. The maximum absolute atomic E-state index is 10.7. The summed E-state index contributed by atoms with van der Waals surface area (Å²) in [6.45, 7) is 2.19. The number of carbonyl (C=O) groups is 1. The lowest BCUT2D eigenvalue weighted by molar-refractivity contribution is 0.0658. The van der Waals surface area contributed by atoms with Crippen molar-refractivity contribution in [1.82, 2.24) is 0 Å². The lowest BCUT2D eigenvalue weighted by Gasteiger charge is -2.07. The van der Waals surface area contributed by atoms with Gasteiger partial charge in [0, 0.05) is 5.02 Å². The molecule has 0 spiro atoms. The van der Waals surface area contributed by atoms with Crippen LogP contribution in [-0.2, 0) is 13.0 Å². The van der Waals surface area contributed by atoms with Crippen molar-refractivity contribution in [2.45, 2.75) is 20.0 Å². The van der Waals surface area contributed by atoms with E-state index >= 15 is 0 Å². The van der Waals surface area contributed by atoms with E-state index in [0.717, 1.165) is 12.0 Å². The van der Waals surface area contributed by atoms with Gasteiger partial charge in [0.1, 0.15) is 18.1 Å². The fourth-order valence-electron chi connectivity index (χ4n) is 1.64. The summed E-state index contributed by atoms with van der Waals surface area (Å²) in [7, 11) is 0. The number of carboxylic acid groups (broad SMARTS) is 1. The maximum atomic E-state index is 10.7. The average Bonchev–Trinajstić information content (AvgIpc) is 2.87. The van der Waals surface area contributed by atoms with Crippen molar-refractivity contribution in [3.63, 3.8) is 0 Å². The van der Waals surface area contributed by atoms with E-state index in [1.807, 2.05) is 13.0 Å². The van der Waals surface area contributed by atoms with E-state index in [1.54, 1.807) is 18.2 Å². The standard InChI is InChI=1S/C14H13ClO4/c1-2-9-7-10(3-5-12(9)15)18-8-11-4-6-13(19-11)14(16)17/h3-7H,2,8H2,1H3,(H,16,17). The van der Waals surface area contributed by atoms with Crippen LogP contribution in [0.15, 0.2) is 34.7 Å². The molecule has 1 aromatic carbocycles. The highest BCUT2D eigenvalue weighted by molar-refractivity contribution is 6.31. The molecule has 0 amide bonds. The molecule has 1 N–H and O–H groups in total. The Hall–Kier alpha value is -1.94. The van der Waals surface area contributed by atoms with Crippen molar-refractivity contribution in [2.75, 3.05) is 0 Å². The van der Waals surface area contributed by atoms with E-state index in [-0.39, 0.29) is 12.4 Å². The van der Waals surface area contributed by atoms with E-state index < -0.39 is 5.97 Å². The van der Waals surface area contributed by atoms with Crippen molar-refractivity contribution in [3.8, 4) is 5.75 Å². The molecule has 100 valence electrons. The normalized spacial score (nSPS) is 10.4. The Bertz CT molecular complexity index is 589. The van der Waals surface area contributed by atoms with Gasteiger partial charge < -0.3 is 14.3 Å². The largest absolute Gasteiger partial charge is 0.486 e. The number of furan rings is 1. The number of ether oxygens (including phenoxy) is 1. The SMILES string of the molecule is CCc1cc(OCc2ccc(C(=O)O)o2)ccc1Cl. The number of carboxylic acids is 1. The third kappa shape index (κ3) is 3.29. The summed E-state index contributed by atoms with van der Waals surface area (Å²) in [5, 5.41) is 9.44. The van der Waals surface area contributed by atoms with E-state index in [9.17, 15) is 4.79 Å². The molecule has 0 saturated heterocycles. The van der Waals surface area contributed by atoms with Crippen LogP contribution in [0.25, 0.3) is 0 Å². The predicted molar refractivity (Wildman–Crippen MR) is 70.8 cm³/mol. The zero-order chi connectivity index (χ0) is 13.8. The lowest BCUT2D eigenvalue weighted by atomic mass is 10.1. The molecule has 1 aromatic heterocycles. The zero-order valence-electron chi connectivity index (χ0n) is 10.4. The van der Waals surface area contributed by atoms with E-state index in [0.29, 0.717) is 16.5 Å². The number of aromatic carboxylic acids is 1. The maximum Gasteiger partial charge on any atom is 0.371 e. The van der Waals surface area contributed by atoms with Crippen molar-refractivity contribution in [2.24, 2.45) is 0 Å². The first-order chi connectivity index (χ1) is 9.10. The molecule has 0 saturated carbocycles. The molecule has 0 aliphatic carbocycles. The molecule has 1 heterocycles. The van der Waals surface area contributed by atoms with Crippen LogP contribution in [0.4, 0.5) is 0 Å². The topological polar surface area (TPSA) is 59.7 Å². The monoisotopic (exact) mass is 280 g/mol. The van der Waals surface area contributed by atoms with E-state index in [1.165, 1.54) is 6.07 Å². The second kappa shape index (κ2) is 5.80. The molecular weight excluding hydrogens is 268 g/mol. The highest BCUT2D eigenvalue weighted by atomic mass is 35.5. The molecule has 0 fully saturated rings. The Morgan fingerprint density at radius 3 is 2.79 bits per heavy atom. The van der Waals surface area contributed by atoms with Gasteiger partial charge in [-0.1, -0.05) is 18.5 Å². The number of benzene rings is 1. The highest BCUT2D eigenvalue weighted by Crippen LogP contribution is 2.23. The Labute approximate surface area is 115 Å². The van der Waals surface area contributed by atoms with Gasteiger partial charge in [-0.05, 0) is 42.3 Å². The van der Waals surface area contributed by atoms with E-state index in [4.69, 9.17) is 25.9 Å². The van der Waals surface area contributed by atoms with Gasteiger partial charge >= 0.3 is 5.97 Å². The molecule has 19 heavy (non-hydrogen) atoms. The van der Waals surface area contributed by atoms with Crippen LogP contribution in [0.5, 0.6) is 5.75 Å². The van der Waals surface area contributed by atoms with Crippen molar-refractivity contribution in [3.05, 3.63) is 52.4 Å². The van der Waals surface area contributed by atoms with Crippen LogP contribution in [0, 0.1) is 0 Å². The van der Waals surface area contributed by atoms with Gasteiger partial charge in [0.15, 0.2) is 0 Å².